The topological polar surface area (TPSA) is 121 Å². The number of benzene rings is 2. The Hall–Kier alpha value is -4.08. The van der Waals surface area contributed by atoms with Crippen molar-refractivity contribution >= 4 is 35.1 Å². The molecule has 0 spiro atoms. The molecule has 2 aromatic carbocycles. The fourth-order valence-electron chi connectivity index (χ4n) is 3.63. The number of rotatable bonds is 5. The Balaban J connectivity index is 1.45. The molecule has 1 N–H and O–H groups in total. The second-order valence-corrected chi connectivity index (χ2v) is 7.59. The lowest BCUT2D eigenvalue weighted by Gasteiger charge is -2.20. The molecule has 2 atom stereocenters. The molecule has 0 radical (unpaired) electrons. The van der Waals surface area contributed by atoms with Crippen LogP contribution in [-0.4, -0.2) is 54.4 Å². The van der Waals surface area contributed by atoms with Gasteiger partial charge < -0.3 is 10.1 Å². The van der Waals surface area contributed by atoms with E-state index in [0.29, 0.717) is 16.9 Å². The van der Waals surface area contributed by atoms with Gasteiger partial charge in [-0.05, 0) is 61.4 Å². The number of amides is 3. The minimum absolute atomic E-state index is 0.261. The van der Waals surface area contributed by atoms with E-state index >= 15 is 0 Å². The second kappa shape index (κ2) is 8.22. The number of carbonyl (C=O) groups excluding carboxylic acids is 4. The summed E-state index contributed by atoms with van der Waals surface area (Å²) < 4.78 is 4.64. The van der Waals surface area contributed by atoms with Crippen LogP contribution in [0.1, 0.15) is 21.5 Å². The van der Waals surface area contributed by atoms with E-state index in [-0.39, 0.29) is 6.54 Å². The van der Waals surface area contributed by atoms with Crippen LogP contribution >= 0.6 is 0 Å². The Bertz CT molecular complexity index is 1140. The number of anilines is 2. The molecule has 1 saturated heterocycles. The number of imide groups is 1. The molecule has 32 heavy (non-hydrogen) atoms. The van der Waals surface area contributed by atoms with E-state index < -0.39 is 35.8 Å². The van der Waals surface area contributed by atoms with E-state index in [1.165, 1.54) is 24.3 Å². The van der Waals surface area contributed by atoms with Gasteiger partial charge in [-0.25, -0.2) is 9.69 Å². The summed E-state index contributed by atoms with van der Waals surface area (Å²) in [6, 6.07) is 9.56. The zero-order valence-electron chi connectivity index (χ0n) is 17.7. The number of nitrogens with zero attached hydrogens (tertiary/aromatic N) is 4. The Morgan fingerprint density at radius 2 is 1.75 bits per heavy atom. The molecule has 10 heteroatoms. The Labute approximate surface area is 183 Å². The van der Waals surface area contributed by atoms with Crippen LogP contribution in [0.15, 0.2) is 52.8 Å². The third-order valence-corrected chi connectivity index (χ3v) is 5.50. The van der Waals surface area contributed by atoms with Gasteiger partial charge in [-0.15, -0.1) is 0 Å². The monoisotopic (exact) mass is 435 g/mol. The van der Waals surface area contributed by atoms with Crippen molar-refractivity contribution < 1.29 is 23.9 Å². The van der Waals surface area contributed by atoms with Crippen LogP contribution in [0.25, 0.3) is 0 Å². The van der Waals surface area contributed by atoms with Crippen LogP contribution < -0.4 is 10.2 Å². The minimum atomic E-state index is -0.976. The molecule has 3 amide bonds. The highest BCUT2D eigenvalue weighted by Crippen LogP contribution is 2.32. The number of nitrogens with one attached hydrogen (secondary N) is 1. The predicted molar refractivity (Wildman–Crippen MR) is 114 cm³/mol. The number of methoxy groups -OCH3 is 1. The number of fused-ring (bicyclic) bond motifs is 1. The van der Waals surface area contributed by atoms with Gasteiger partial charge in [-0.1, -0.05) is 11.3 Å². The first kappa shape index (κ1) is 21.2. The lowest BCUT2D eigenvalue weighted by Crippen LogP contribution is -2.43. The van der Waals surface area contributed by atoms with E-state index in [0.717, 1.165) is 16.0 Å². The number of carbonyl (C=O) groups is 4. The highest BCUT2D eigenvalue weighted by molar-refractivity contribution is 6.25. The summed E-state index contributed by atoms with van der Waals surface area (Å²) in [6.45, 7) is 3.58. The van der Waals surface area contributed by atoms with E-state index in [2.05, 4.69) is 20.4 Å². The van der Waals surface area contributed by atoms with Crippen LogP contribution in [0.4, 0.5) is 11.4 Å². The van der Waals surface area contributed by atoms with Gasteiger partial charge in [0.1, 0.15) is 6.54 Å². The largest absolute Gasteiger partial charge is 0.465 e. The van der Waals surface area contributed by atoms with Crippen molar-refractivity contribution in [3.63, 3.8) is 0 Å². The van der Waals surface area contributed by atoms with Crippen LogP contribution in [0.5, 0.6) is 0 Å². The van der Waals surface area contributed by atoms with Gasteiger partial charge in [0, 0.05) is 5.69 Å². The van der Waals surface area contributed by atoms with Gasteiger partial charge in [0.15, 0.2) is 12.1 Å². The zero-order valence-corrected chi connectivity index (χ0v) is 17.7. The lowest BCUT2D eigenvalue weighted by atomic mass is 10.1. The quantitative estimate of drug-likeness (QED) is 0.567. The minimum Gasteiger partial charge on any atom is -0.465 e. The van der Waals surface area contributed by atoms with Gasteiger partial charge in [0.05, 0.1) is 18.4 Å². The van der Waals surface area contributed by atoms with Crippen molar-refractivity contribution in [1.29, 1.82) is 0 Å². The fourth-order valence-corrected chi connectivity index (χ4v) is 3.63. The molecule has 2 heterocycles. The third kappa shape index (κ3) is 3.70. The molecule has 2 aromatic rings. The van der Waals surface area contributed by atoms with Crippen LogP contribution in [0.2, 0.25) is 0 Å². The molecule has 2 aliphatic heterocycles. The van der Waals surface area contributed by atoms with Crippen molar-refractivity contribution in [2.45, 2.75) is 25.9 Å². The molecule has 164 valence electrons. The number of esters is 1. The van der Waals surface area contributed by atoms with Crippen molar-refractivity contribution in [3.8, 4) is 0 Å². The maximum absolute atomic E-state index is 13.0. The smallest absolute Gasteiger partial charge is 0.337 e. The molecule has 10 nitrogen and oxygen atoms in total. The van der Waals surface area contributed by atoms with Crippen LogP contribution in [0.3, 0.4) is 0 Å². The van der Waals surface area contributed by atoms with Gasteiger partial charge in [-0.3, -0.25) is 19.4 Å². The normalized spacial score (nSPS) is 19.3. The number of ether oxygens (including phenoxy) is 1. The maximum Gasteiger partial charge on any atom is 0.337 e. The fraction of sp³-hybridized carbons (Fsp3) is 0.273. The van der Waals surface area contributed by atoms with Gasteiger partial charge in [-0.2, -0.15) is 5.11 Å². The number of hydrogen-bond acceptors (Lipinski definition) is 8. The van der Waals surface area contributed by atoms with E-state index in [1.54, 1.807) is 24.3 Å². The average molecular weight is 435 g/mol. The first-order valence-corrected chi connectivity index (χ1v) is 9.91. The van der Waals surface area contributed by atoms with Gasteiger partial charge >= 0.3 is 5.97 Å². The Morgan fingerprint density at radius 1 is 1.03 bits per heavy atom. The molecule has 2 aliphatic rings. The van der Waals surface area contributed by atoms with Crippen molar-refractivity contribution in [1.82, 2.24) is 5.01 Å². The molecule has 2 unspecified atom stereocenters. The SMILES string of the molecule is COC(=O)c1ccc(NC(=O)CN2N=NC3C(=O)N(c4ccc(C)c(C)c4)C(=O)C32)cc1. The first-order chi connectivity index (χ1) is 15.3. The third-order valence-electron chi connectivity index (χ3n) is 5.50. The van der Waals surface area contributed by atoms with Crippen molar-refractivity contribution in [2.24, 2.45) is 10.3 Å². The van der Waals surface area contributed by atoms with E-state index in [1.807, 2.05) is 19.9 Å². The molecular formula is C22H21N5O5. The van der Waals surface area contributed by atoms with Gasteiger partial charge in [0.25, 0.3) is 11.8 Å². The molecule has 0 saturated carbocycles. The van der Waals surface area contributed by atoms with E-state index in [9.17, 15) is 19.2 Å². The summed E-state index contributed by atoms with van der Waals surface area (Å²) in [4.78, 5) is 51.0. The van der Waals surface area contributed by atoms with Crippen molar-refractivity contribution in [3.05, 3.63) is 59.2 Å². The molecular weight excluding hydrogens is 414 g/mol. The molecule has 0 bridgehead atoms. The van der Waals surface area contributed by atoms with Crippen LogP contribution in [0, 0.1) is 13.8 Å². The summed E-state index contributed by atoms with van der Waals surface area (Å²) in [5.74, 6) is -1.86. The molecule has 4 rings (SSSR count). The summed E-state index contributed by atoms with van der Waals surface area (Å²) in [5, 5.41) is 11.7. The first-order valence-electron chi connectivity index (χ1n) is 9.91. The van der Waals surface area contributed by atoms with Crippen molar-refractivity contribution in [2.75, 3.05) is 23.9 Å². The van der Waals surface area contributed by atoms with Gasteiger partial charge in [0.2, 0.25) is 5.91 Å². The lowest BCUT2D eigenvalue weighted by molar-refractivity contribution is -0.123. The summed E-state index contributed by atoms with van der Waals surface area (Å²) >= 11 is 0. The molecule has 1 fully saturated rings. The molecule has 0 aromatic heterocycles. The Kier molecular flexibility index (Phi) is 5.43. The standard InChI is InChI=1S/C22H21N5O5/c1-12-4-9-16(10-13(12)2)27-20(29)18-19(21(27)30)26(25-24-18)11-17(28)23-15-7-5-14(6-8-15)22(31)32-3/h4-10,18-19H,11H2,1-3H3,(H,23,28). The number of aryl methyl sites for hydroxylation is 2. The second-order valence-electron chi connectivity index (χ2n) is 7.59. The average Bonchev–Trinajstić information content (AvgIpc) is 3.29. The highest BCUT2D eigenvalue weighted by atomic mass is 16.5. The van der Waals surface area contributed by atoms with E-state index in [4.69, 9.17) is 0 Å². The summed E-state index contributed by atoms with van der Waals surface area (Å²) in [7, 11) is 1.28. The Morgan fingerprint density at radius 3 is 2.41 bits per heavy atom. The predicted octanol–water partition coefficient (Wildman–Crippen LogP) is 2.02. The summed E-state index contributed by atoms with van der Waals surface area (Å²) in [6.07, 6.45) is 0. The number of hydrogen-bond donors (Lipinski definition) is 1. The summed E-state index contributed by atoms with van der Waals surface area (Å²) in [5.41, 5.74) is 3.29. The molecule has 0 aliphatic carbocycles. The van der Waals surface area contributed by atoms with Crippen LogP contribution in [-0.2, 0) is 19.1 Å². The maximum atomic E-state index is 13.0. The zero-order chi connectivity index (χ0) is 23.0. The highest BCUT2D eigenvalue weighted by Gasteiger charge is 2.55.